The molecule has 0 aliphatic rings. The number of aromatic nitrogens is 1. The molecule has 0 saturated carbocycles. The molecule has 2 N–H and O–H groups in total. The monoisotopic (exact) mass is 304 g/mol. The largest absolute Gasteiger partial charge is 0.361 e. The van der Waals surface area contributed by atoms with E-state index in [-0.39, 0.29) is 6.54 Å². The van der Waals surface area contributed by atoms with Crippen LogP contribution in [0.4, 0.5) is 0 Å². The molecule has 0 unspecified atom stereocenters. The van der Waals surface area contributed by atoms with Crippen molar-refractivity contribution in [1.29, 1.82) is 0 Å². The van der Waals surface area contributed by atoms with Crippen LogP contribution in [0, 0.1) is 6.92 Å². The van der Waals surface area contributed by atoms with E-state index in [9.17, 15) is 8.42 Å². The van der Waals surface area contributed by atoms with Crippen LogP contribution < -0.4 is 10.0 Å². The highest BCUT2D eigenvalue weighted by Crippen LogP contribution is 2.03. The third-order valence-corrected chi connectivity index (χ3v) is 4.24. The van der Waals surface area contributed by atoms with Crippen molar-refractivity contribution in [1.82, 2.24) is 19.5 Å². The number of hydrogen-bond donors (Lipinski definition) is 2. The zero-order valence-corrected chi connectivity index (χ0v) is 13.3. The molecule has 1 aromatic rings. The van der Waals surface area contributed by atoms with Crippen LogP contribution in [0.2, 0.25) is 0 Å². The summed E-state index contributed by atoms with van der Waals surface area (Å²) in [7, 11) is -1.91. The molecule has 0 aliphatic heterocycles. The Balaban J connectivity index is 2.35. The van der Waals surface area contributed by atoms with E-state index in [2.05, 4.69) is 29.0 Å². The lowest BCUT2D eigenvalue weighted by Crippen LogP contribution is -2.39. The summed E-state index contributed by atoms with van der Waals surface area (Å²) in [6, 6.07) is 2.11. The molecule has 0 aliphatic carbocycles. The lowest BCUT2D eigenvalue weighted by molar-refractivity contribution is 0.389. The predicted octanol–water partition coefficient (Wildman–Crippen LogP) is 0.637. The molecule has 1 heterocycles. The molecule has 7 nitrogen and oxygen atoms in total. The van der Waals surface area contributed by atoms with Crippen molar-refractivity contribution >= 4 is 10.2 Å². The number of nitrogens with one attached hydrogen (secondary N) is 2. The second kappa shape index (κ2) is 7.72. The SMILES string of the molecule is Cc1cc(CNS(=O)(=O)N(C)CCCNC(C)C)no1. The van der Waals surface area contributed by atoms with Crippen molar-refractivity contribution in [2.24, 2.45) is 0 Å². The lowest BCUT2D eigenvalue weighted by Gasteiger charge is -2.17. The molecule has 0 bridgehead atoms. The number of nitrogens with zero attached hydrogens (tertiary/aromatic N) is 2. The zero-order valence-electron chi connectivity index (χ0n) is 12.5. The van der Waals surface area contributed by atoms with E-state index in [0.29, 0.717) is 24.0 Å². The molecule has 0 spiro atoms. The van der Waals surface area contributed by atoms with E-state index < -0.39 is 10.2 Å². The van der Waals surface area contributed by atoms with Gasteiger partial charge in [-0.1, -0.05) is 19.0 Å². The van der Waals surface area contributed by atoms with Crippen LogP contribution in [0.1, 0.15) is 31.7 Å². The fourth-order valence-electron chi connectivity index (χ4n) is 1.59. The highest BCUT2D eigenvalue weighted by atomic mass is 32.2. The van der Waals surface area contributed by atoms with Gasteiger partial charge in [-0.15, -0.1) is 0 Å². The van der Waals surface area contributed by atoms with Crippen LogP contribution in [-0.4, -0.2) is 44.1 Å². The Bertz CT molecular complexity index is 499. The van der Waals surface area contributed by atoms with Gasteiger partial charge in [-0.25, -0.2) is 0 Å². The minimum atomic E-state index is -3.48. The van der Waals surface area contributed by atoms with E-state index >= 15 is 0 Å². The summed E-state index contributed by atoms with van der Waals surface area (Å²) in [5.41, 5.74) is 0.570. The molecule has 0 radical (unpaired) electrons. The Morgan fingerprint density at radius 3 is 2.70 bits per heavy atom. The predicted molar refractivity (Wildman–Crippen MR) is 77.4 cm³/mol. The van der Waals surface area contributed by atoms with E-state index in [4.69, 9.17) is 4.52 Å². The fraction of sp³-hybridized carbons (Fsp3) is 0.750. The van der Waals surface area contributed by atoms with E-state index in [1.54, 1.807) is 20.0 Å². The van der Waals surface area contributed by atoms with Crippen molar-refractivity contribution in [3.05, 3.63) is 17.5 Å². The summed E-state index contributed by atoms with van der Waals surface area (Å²) in [6.45, 7) is 7.27. The third-order valence-electron chi connectivity index (χ3n) is 2.73. The lowest BCUT2D eigenvalue weighted by atomic mass is 10.3. The maximum atomic E-state index is 12.0. The van der Waals surface area contributed by atoms with Gasteiger partial charge in [-0.05, 0) is 19.9 Å². The van der Waals surface area contributed by atoms with Gasteiger partial charge in [0.1, 0.15) is 5.76 Å². The number of rotatable bonds is 9. The van der Waals surface area contributed by atoms with Gasteiger partial charge in [0, 0.05) is 25.7 Å². The average molecular weight is 304 g/mol. The highest BCUT2D eigenvalue weighted by molar-refractivity contribution is 7.87. The van der Waals surface area contributed by atoms with Crippen LogP contribution in [-0.2, 0) is 16.8 Å². The molecule has 1 aromatic heterocycles. The Labute approximate surface area is 120 Å². The quantitative estimate of drug-likeness (QED) is 0.654. The molecule has 0 atom stereocenters. The summed E-state index contributed by atoms with van der Waals surface area (Å²) in [6.07, 6.45) is 0.763. The van der Waals surface area contributed by atoms with Gasteiger partial charge in [-0.3, -0.25) is 0 Å². The molecular formula is C12H24N4O3S. The average Bonchev–Trinajstić information content (AvgIpc) is 2.77. The van der Waals surface area contributed by atoms with Crippen molar-refractivity contribution < 1.29 is 12.9 Å². The van der Waals surface area contributed by atoms with E-state index in [1.807, 2.05) is 0 Å². The van der Waals surface area contributed by atoms with Crippen LogP contribution in [0.3, 0.4) is 0 Å². The van der Waals surface area contributed by atoms with Gasteiger partial charge < -0.3 is 9.84 Å². The van der Waals surface area contributed by atoms with Gasteiger partial charge in [-0.2, -0.15) is 17.4 Å². The smallest absolute Gasteiger partial charge is 0.279 e. The summed E-state index contributed by atoms with van der Waals surface area (Å²) >= 11 is 0. The van der Waals surface area contributed by atoms with Crippen molar-refractivity contribution in [2.75, 3.05) is 20.1 Å². The Kier molecular flexibility index (Phi) is 6.60. The van der Waals surface area contributed by atoms with Crippen LogP contribution in [0.5, 0.6) is 0 Å². The first-order chi connectivity index (χ1) is 9.31. The summed E-state index contributed by atoms with van der Waals surface area (Å²) in [5, 5.41) is 6.99. The van der Waals surface area contributed by atoms with Gasteiger partial charge in [0.15, 0.2) is 0 Å². The molecule has 8 heteroatoms. The topological polar surface area (TPSA) is 87.5 Å². The summed E-state index contributed by atoms with van der Waals surface area (Å²) < 4.78 is 32.6. The maximum Gasteiger partial charge on any atom is 0.279 e. The molecule has 0 fully saturated rings. The van der Waals surface area contributed by atoms with Gasteiger partial charge >= 0.3 is 0 Å². The highest BCUT2D eigenvalue weighted by Gasteiger charge is 2.17. The van der Waals surface area contributed by atoms with Gasteiger partial charge in [0.2, 0.25) is 0 Å². The van der Waals surface area contributed by atoms with Crippen LogP contribution >= 0.6 is 0 Å². The first-order valence-corrected chi connectivity index (χ1v) is 8.12. The summed E-state index contributed by atoms with van der Waals surface area (Å²) in [4.78, 5) is 0. The molecule has 0 saturated heterocycles. The third kappa shape index (κ3) is 6.00. The molecule has 116 valence electrons. The Morgan fingerprint density at radius 1 is 1.45 bits per heavy atom. The normalized spacial score (nSPS) is 12.5. The second-order valence-corrected chi connectivity index (χ2v) is 6.90. The van der Waals surface area contributed by atoms with E-state index in [0.717, 1.165) is 13.0 Å². The Hall–Kier alpha value is -0.960. The minimum Gasteiger partial charge on any atom is -0.361 e. The van der Waals surface area contributed by atoms with Gasteiger partial charge in [0.05, 0.1) is 12.2 Å². The van der Waals surface area contributed by atoms with Crippen LogP contribution in [0.25, 0.3) is 0 Å². The first kappa shape index (κ1) is 17.1. The second-order valence-electron chi connectivity index (χ2n) is 5.04. The molecule has 0 aromatic carbocycles. The molecule has 0 amide bonds. The van der Waals surface area contributed by atoms with Crippen molar-refractivity contribution in [2.45, 2.75) is 39.8 Å². The number of aryl methyl sites for hydroxylation is 1. The number of hydrogen-bond acceptors (Lipinski definition) is 5. The van der Waals surface area contributed by atoms with Crippen LogP contribution in [0.15, 0.2) is 10.6 Å². The van der Waals surface area contributed by atoms with E-state index in [1.165, 1.54) is 4.31 Å². The molecule has 20 heavy (non-hydrogen) atoms. The zero-order chi connectivity index (χ0) is 15.2. The summed E-state index contributed by atoms with van der Waals surface area (Å²) in [5.74, 6) is 0.660. The Morgan fingerprint density at radius 2 is 2.15 bits per heavy atom. The van der Waals surface area contributed by atoms with Gasteiger partial charge in [0.25, 0.3) is 10.2 Å². The van der Waals surface area contributed by atoms with Crippen molar-refractivity contribution in [3.63, 3.8) is 0 Å². The molecular weight excluding hydrogens is 280 g/mol. The van der Waals surface area contributed by atoms with Crippen molar-refractivity contribution in [3.8, 4) is 0 Å². The standard InChI is InChI=1S/C12H24N4O3S/c1-10(2)13-6-5-7-16(4)20(17,18)14-9-12-8-11(3)19-15-12/h8,10,13-14H,5-7,9H2,1-4H3. The molecule has 1 rings (SSSR count). The first-order valence-electron chi connectivity index (χ1n) is 6.68. The fourth-order valence-corrected chi connectivity index (χ4v) is 2.51. The minimum absolute atomic E-state index is 0.133. The maximum absolute atomic E-state index is 12.0.